The first-order valence-electron chi connectivity index (χ1n) is 9.54. The molecule has 0 aliphatic heterocycles. The summed E-state index contributed by atoms with van der Waals surface area (Å²) in [6.45, 7) is 4.97. The van der Waals surface area contributed by atoms with Crippen LogP contribution >= 0.6 is 0 Å². The zero-order valence-electron chi connectivity index (χ0n) is 16.8. The van der Waals surface area contributed by atoms with Crippen molar-refractivity contribution in [3.63, 3.8) is 0 Å². The molecule has 0 saturated carbocycles. The van der Waals surface area contributed by atoms with Gasteiger partial charge in [0.15, 0.2) is 6.61 Å². The van der Waals surface area contributed by atoms with Crippen LogP contribution in [0.15, 0.2) is 36.4 Å². The maximum atomic E-state index is 14.1. The van der Waals surface area contributed by atoms with E-state index in [1.165, 1.54) is 23.3 Å². The maximum Gasteiger partial charge on any atom is 0.412 e. The van der Waals surface area contributed by atoms with Gasteiger partial charge in [0.1, 0.15) is 17.2 Å². The molecule has 0 radical (unpaired) electrons. The van der Waals surface area contributed by atoms with Gasteiger partial charge in [0, 0.05) is 5.69 Å². The molecule has 0 unspecified atom stereocenters. The van der Waals surface area contributed by atoms with E-state index in [4.69, 9.17) is 9.47 Å². The average Bonchev–Trinajstić information content (AvgIpc) is 3.09. The number of anilines is 2. The molecular weight excluding hydrogens is 375 g/mol. The van der Waals surface area contributed by atoms with E-state index in [9.17, 15) is 14.0 Å². The number of halogens is 1. The van der Waals surface area contributed by atoms with Gasteiger partial charge < -0.3 is 14.8 Å². The minimum atomic E-state index is -0.665. The number of aryl methyl sites for hydroxylation is 2. The van der Waals surface area contributed by atoms with E-state index in [-0.39, 0.29) is 12.3 Å². The van der Waals surface area contributed by atoms with Crippen LogP contribution in [0.3, 0.4) is 0 Å². The minimum Gasteiger partial charge on any atom is -0.484 e. The van der Waals surface area contributed by atoms with Crippen molar-refractivity contribution < 1.29 is 23.5 Å². The highest BCUT2D eigenvalue weighted by molar-refractivity contribution is 5.93. The molecule has 1 aliphatic carbocycles. The van der Waals surface area contributed by atoms with Crippen LogP contribution in [-0.4, -0.2) is 24.2 Å². The van der Waals surface area contributed by atoms with Crippen molar-refractivity contribution in [1.29, 1.82) is 0 Å². The fraction of sp³-hybridized carbons (Fsp3) is 0.364. The molecule has 1 aliphatic rings. The molecule has 6 nitrogen and oxygen atoms in total. The number of benzene rings is 2. The van der Waals surface area contributed by atoms with Crippen molar-refractivity contribution in [2.24, 2.45) is 0 Å². The van der Waals surface area contributed by atoms with Crippen LogP contribution in [-0.2, 0) is 22.4 Å². The van der Waals surface area contributed by atoms with Gasteiger partial charge in [0.05, 0.1) is 5.69 Å². The van der Waals surface area contributed by atoms with E-state index in [0.717, 1.165) is 25.3 Å². The summed E-state index contributed by atoms with van der Waals surface area (Å²) < 4.78 is 24.7. The van der Waals surface area contributed by atoms with Crippen molar-refractivity contribution in [3.8, 4) is 5.75 Å². The predicted molar refractivity (Wildman–Crippen MR) is 109 cm³/mol. The number of hydrogen-bond acceptors (Lipinski definition) is 4. The molecule has 2 aromatic carbocycles. The Morgan fingerprint density at radius 3 is 2.55 bits per heavy atom. The summed E-state index contributed by atoms with van der Waals surface area (Å²) in [7, 11) is 0. The third kappa shape index (κ3) is 5.94. The largest absolute Gasteiger partial charge is 0.484 e. The molecule has 3 rings (SSSR count). The van der Waals surface area contributed by atoms with Crippen LogP contribution in [0.5, 0.6) is 5.75 Å². The van der Waals surface area contributed by atoms with E-state index in [1.807, 2.05) is 18.2 Å². The summed E-state index contributed by atoms with van der Waals surface area (Å²) in [5.74, 6) is -0.508. The number of ether oxygens (including phenoxy) is 2. The topological polar surface area (TPSA) is 76.7 Å². The molecule has 0 bridgehead atoms. The van der Waals surface area contributed by atoms with E-state index < -0.39 is 23.4 Å². The second-order valence-corrected chi connectivity index (χ2v) is 7.94. The van der Waals surface area contributed by atoms with Gasteiger partial charge in [0.25, 0.3) is 5.91 Å². The Morgan fingerprint density at radius 1 is 1.03 bits per heavy atom. The first-order valence-corrected chi connectivity index (χ1v) is 9.54. The van der Waals surface area contributed by atoms with Gasteiger partial charge in [-0.3, -0.25) is 10.1 Å². The quantitative estimate of drug-likeness (QED) is 0.764. The molecule has 2 amide bonds. The summed E-state index contributed by atoms with van der Waals surface area (Å²) in [6.07, 6.45) is 2.55. The number of nitrogens with one attached hydrogen (secondary N) is 2. The Kier molecular flexibility index (Phi) is 6.06. The molecule has 0 spiro atoms. The third-order valence-electron chi connectivity index (χ3n) is 4.33. The highest BCUT2D eigenvalue weighted by Gasteiger charge is 2.17. The lowest BCUT2D eigenvalue weighted by molar-refractivity contribution is -0.118. The highest BCUT2D eigenvalue weighted by atomic mass is 19.1. The number of amides is 2. The Hall–Kier alpha value is -3.09. The lowest BCUT2D eigenvalue weighted by Gasteiger charge is -2.20. The number of hydrogen-bond donors (Lipinski definition) is 2. The molecule has 0 fully saturated rings. The van der Waals surface area contributed by atoms with Crippen LogP contribution in [0, 0.1) is 5.82 Å². The van der Waals surface area contributed by atoms with Gasteiger partial charge in [-0.05, 0) is 81.5 Å². The van der Waals surface area contributed by atoms with E-state index in [1.54, 1.807) is 20.8 Å². The van der Waals surface area contributed by atoms with Crippen LogP contribution in [0.25, 0.3) is 0 Å². The molecule has 2 aromatic rings. The smallest absolute Gasteiger partial charge is 0.412 e. The number of carbonyl (C=O) groups excluding carboxylic acids is 2. The van der Waals surface area contributed by atoms with Gasteiger partial charge in [-0.25, -0.2) is 9.18 Å². The van der Waals surface area contributed by atoms with Gasteiger partial charge in [-0.15, -0.1) is 0 Å². The van der Waals surface area contributed by atoms with Gasteiger partial charge in [-0.1, -0.05) is 6.07 Å². The molecule has 0 saturated heterocycles. The first-order chi connectivity index (χ1) is 13.7. The second kappa shape index (κ2) is 8.51. The Morgan fingerprint density at radius 2 is 1.79 bits per heavy atom. The third-order valence-corrected chi connectivity index (χ3v) is 4.33. The SMILES string of the molecule is CC(C)(C)OC(=O)Nc1ccc(F)c(NC(=O)COc2ccc3c(c2)CCC3)c1. The number of rotatable bonds is 5. The molecule has 29 heavy (non-hydrogen) atoms. The van der Waals surface area contributed by atoms with Gasteiger partial charge in [-0.2, -0.15) is 0 Å². The summed E-state index contributed by atoms with van der Waals surface area (Å²) in [5, 5.41) is 4.97. The molecule has 2 N–H and O–H groups in total. The van der Waals surface area contributed by atoms with Crippen molar-refractivity contribution in [2.75, 3.05) is 17.2 Å². The standard InChI is InChI=1S/C22H25FN2O4/c1-22(2,3)29-21(27)24-16-8-10-18(23)19(12-16)25-20(26)13-28-17-9-7-14-5-4-6-15(14)11-17/h7-12H,4-6,13H2,1-3H3,(H,24,27)(H,25,26). The highest BCUT2D eigenvalue weighted by Crippen LogP contribution is 2.26. The lowest BCUT2D eigenvalue weighted by Crippen LogP contribution is -2.27. The fourth-order valence-electron chi connectivity index (χ4n) is 3.09. The normalized spacial score (nSPS) is 12.8. The van der Waals surface area contributed by atoms with Crippen molar-refractivity contribution >= 4 is 23.4 Å². The fourth-order valence-corrected chi connectivity index (χ4v) is 3.09. The van der Waals surface area contributed by atoms with Gasteiger partial charge in [0.2, 0.25) is 0 Å². The van der Waals surface area contributed by atoms with E-state index >= 15 is 0 Å². The van der Waals surface area contributed by atoms with Crippen LogP contribution < -0.4 is 15.4 Å². The van der Waals surface area contributed by atoms with E-state index in [2.05, 4.69) is 10.6 Å². The molecule has 0 heterocycles. The zero-order chi connectivity index (χ0) is 21.0. The predicted octanol–water partition coefficient (Wildman–Crippen LogP) is 4.68. The number of fused-ring (bicyclic) bond motifs is 1. The van der Waals surface area contributed by atoms with Crippen LogP contribution in [0.4, 0.5) is 20.6 Å². The number of carbonyl (C=O) groups is 2. The Labute approximate surface area is 169 Å². The summed E-state index contributed by atoms with van der Waals surface area (Å²) in [4.78, 5) is 24.0. The lowest BCUT2D eigenvalue weighted by atomic mass is 10.1. The molecule has 7 heteroatoms. The molecule has 154 valence electrons. The summed E-state index contributed by atoms with van der Waals surface area (Å²) >= 11 is 0. The maximum absolute atomic E-state index is 14.1. The summed E-state index contributed by atoms with van der Waals surface area (Å²) in [5.41, 5.74) is 2.15. The zero-order valence-corrected chi connectivity index (χ0v) is 16.8. The summed E-state index contributed by atoms with van der Waals surface area (Å²) in [6, 6.07) is 9.66. The Bertz CT molecular complexity index is 922. The minimum absolute atomic E-state index is 0.0545. The molecular formula is C22H25FN2O4. The van der Waals surface area contributed by atoms with Crippen molar-refractivity contribution in [2.45, 2.75) is 45.6 Å². The Balaban J connectivity index is 1.57. The molecule has 0 aromatic heterocycles. The van der Waals surface area contributed by atoms with Gasteiger partial charge >= 0.3 is 6.09 Å². The van der Waals surface area contributed by atoms with Crippen LogP contribution in [0.2, 0.25) is 0 Å². The van der Waals surface area contributed by atoms with Crippen molar-refractivity contribution in [3.05, 3.63) is 53.3 Å². The van der Waals surface area contributed by atoms with Crippen LogP contribution in [0.1, 0.15) is 38.3 Å². The molecule has 0 atom stereocenters. The van der Waals surface area contributed by atoms with E-state index in [0.29, 0.717) is 11.4 Å². The second-order valence-electron chi connectivity index (χ2n) is 7.94. The average molecular weight is 400 g/mol. The first kappa shape index (κ1) is 20.6. The van der Waals surface area contributed by atoms with Crippen molar-refractivity contribution in [1.82, 2.24) is 0 Å². The monoisotopic (exact) mass is 400 g/mol.